The first kappa shape index (κ1) is 14.4. The van der Waals surface area contributed by atoms with Gasteiger partial charge in [-0.05, 0) is 29.2 Å². The first-order valence-corrected chi connectivity index (χ1v) is 7.33. The maximum Gasteiger partial charge on any atom is 0.256 e. The zero-order valence-electron chi connectivity index (χ0n) is 13.0. The lowest BCUT2D eigenvalue weighted by Gasteiger charge is -2.18. The molecule has 0 fully saturated rings. The highest BCUT2D eigenvalue weighted by Crippen LogP contribution is 2.26. The van der Waals surface area contributed by atoms with E-state index in [9.17, 15) is 4.79 Å². The van der Waals surface area contributed by atoms with E-state index >= 15 is 0 Å². The molecule has 0 saturated heterocycles. The SMILES string of the molecule is CC(C)(C)c1ccc(O/C=C2\NC(=O)c3ccccc32)cc1. The summed E-state index contributed by atoms with van der Waals surface area (Å²) in [5.74, 6) is 0.660. The van der Waals surface area contributed by atoms with Gasteiger partial charge in [0.15, 0.2) is 0 Å². The van der Waals surface area contributed by atoms with Gasteiger partial charge < -0.3 is 10.1 Å². The maximum atomic E-state index is 11.8. The molecular formula is C19H19NO2. The molecule has 1 aliphatic rings. The lowest BCUT2D eigenvalue weighted by atomic mass is 9.87. The van der Waals surface area contributed by atoms with Crippen LogP contribution in [0.15, 0.2) is 54.8 Å². The van der Waals surface area contributed by atoms with Gasteiger partial charge in [-0.2, -0.15) is 0 Å². The molecule has 0 saturated carbocycles. The summed E-state index contributed by atoms with van der Waals surface area (Å²) in [7, 11) is 0. The van der Waals surface area contributed by atoms with Crippen molar-refractivity contribution in [2.24, 2.45) is 0 Å². The van der Waals surface area contributed by atoms with Crippen molar-refractivity contribution >= 4 is 11.6 Å². The quantitative estimate of drug-likeness (QED) is 0.846. The van der Waals surface area contributed by atoms with Crippen molar-refractivity contribution < 1.29 is 9.53 Å². The number of benzene rings is 2. The number of rotatable bonds is 2. The van der Waals surface area contributed by atoms with Crippen LogP contribution >= 0.6 is 0 Å². The van der Waals surface area contributed by atoms with E-state index in [1.807, 2.05) is 36.4 Å². The van der Waals surface area contributed by atoms with Crippen molar-refractivity contribution in [3.05, 3.63) is 71.5 Å². The van der Waals surface area contributed by atoms with Crippen molar-refractivity contribution in [1.82, 2.24) is 5.32 Å². The minimum absolute atomic E-state index is 0.0893. The van der Waals surface area contributed by atoms with Crippen LogP contribution in [0.2, 0.25) is 0 Å². The fourth-order valence-corrected chi connectivity index (χ4v) is 2.43. The van der Waals surface area contributed by atoms with Crippen molar-refractivity contribution in [2.45, 2.75) is 26.2 Å². The van der Waals surface area contributed by atoms with Gasteiger partial charge in [0.1, 0.15) is 12.0 Å². The molecule has 3 rings (SSSR count). The van der Waals surface area contributed by atoms with E-state index in [2.05, 4.69) is 38.2 Å². The van der Waals surface area contributed by atoms with Crippen molar-refractivity contribution in [3.63, 3.8) is 0 Å². The Hall–Kier alpha value is -2.55. The lowest BCUT2D eigenvalue weighted by molar-refractivity contribution is 0.0980. The van der Waals surface area contributed by atoms with E-state index in [4.69, 9.17) is 4.74 Å². The van der Waals surface area contributed by atoms with Crippen LogP contribution in [0.25, 0.3) is 5.70 Å². The van der Waals surface area contributed by atoms with Gasteiger partial charge in [-0.1, -0.05) is 51.1 Å². The van der Waals surface area contributed by atoms with Crippen LogP contribution in [0.4, 0.5) is 0 Å². The summed E-state index contributed by atoms with van der Waals surface area (Å²) in [6.45, 7) is 6.53. The highest BCUT2D eigenvalue weighted by Gasteiger charge is 2.23. The molecule has 1 aliphatic heterocycles. The highest BCUT2D eigenvalue weighted by atomic mass is 16.5. The third kappa shape index (κ3) is 2.75. The average molecular weight is 293 g/mol. The number of fused-ring (bicyclic) bond motifs is 1. The van der Waals surface area contributed by atoms with Crippen LogP contribution in [0.1, 0.15) is 42.3 Å². The summed E-state index contributed by atoms with van der Waals surface area (Å²) in [5.41, 5.74) is 3.63. The topological polar surface area (TPSA) is 38.3 Å². The molecule has 0 spiro atoms. The second-order valence-corrected chi connectivity index (χ2v) is 6.42. The molecule has 22 heavy (non-hydrogen) atoms. The van der Waals surface area contributed by atoms with E-state index in [0.29, 0.717) is 11.3 Å². The van der Waals surface area contributed by atoms with E-state index in [0.717, 1.165) is 11.3 Å². The molecule has 0 radical (unpaired) electrons. The van der Waals surface area contributed by atoms with Crippen molar-refractivity contribution in [3.8, 4) is 5.75 Å². The second kappa shape index (κ2) is 5.34. The molecule has 112 valence electrons. The smallest absolute Gasteiger partial charge is 0.256 e. The first-order chi connectivity index (χ1) is 10.4. The third-order valence-corrected chi connectivity index (χ3v) is 3.74. The molecule has 0 bridgehead atoms. The normalized spacial score (nSPS) is 15.6. The first-order valence-electron chi connectivity index (χ1n) is 7.33. The van der Waals surface area contributed by atoms with E-state index in [1.54, 1.807) is 6.26 Å². The van der Waals surface area contributed by atoms with E-state index in [1.165, 1.54) is 5.56 Å². The molecule has 1 N–H and O–H groups in total. The van der Waals surface area contributed by atoms with Gasteiger partial charge in [-0.15, -0.1) is 0 Å². The zero-order valence-corrected chi connectivity index (χ0v) is 13.0. The van der Waals surface area contributed by atoms with Crippen LogP contribution in [0, 0.1) is 0 Å². The maximum absolute atomic E-state index is 11.8. The Bertz CT molecular complexity index is 737. The average Bonchev–Trinajstić information content (AvgIpc) is 2.82. The van der Waals surface area contributed by atoms with Gasteiger partial charge in [0.25, 0.3) is 5.91 Å². The number of hydrogen-bond acceptors (Lipinski definition) is 2. The fraction of sp³-hybridized carbons (Fsp3) is 0.211. The Morgan fingerprint density at radius 1 is 0.955 bits per heavy atom. The van der Waals surface area contributed by atoms with Gasteiger partial charge in [0.05, 0.1) is 5.70 Å². The highest BCUT2D eigenvalue weighted by molar-refractivity contribution is 6.09. The molecule has 3 heteroatoms. The van der Waals surface area contributed by atoms with Gasteiger partial charge in [0.2, 0.25) is 0 Å². The van der Waals surface area contributed by atoms with Crippen LogP contribution in [0.5, 0.6) is 5.75 Å². The predicted octanol–water partition coefficient (Wildman–Crippen LogP) is 4.10. The number of carbonyl (C=O) groups excluding carboxylic acids is 1. The summed E-state index contributed by atoms with van der Waals surface area (Å²) in [6, 6.07) is 15.5. The summed E-state index contributed by atoms with van der Waals surface area (Å²) >= 11 is 0. The van der Waals surface area contributed by atoms with E-state index in [-0.39, 0.29) is 11.3 Å². The van der Waals surface area contributed by atoms with Crippen LogP contribution in [-0.4, -0.2) is 5.91 Å². The molecular weight excluding hydrogens is 274 g/mol. The summed E-state index contributed by atoms with van der Waals surface area (Å²) in [4.78, 5) is 11.8. The Balaban J connectivity index is 1.80. The molecule has 1 heterocycles. The van der Waals surface area contributed by atoms with Crippen molar-refractivity contribution in [1.29, 1.82) is 0 Å². The largest absolute Gasteiger partial charge is 0.463 e. The third-order valence-electron chi connectivity index (χ3n) is 3.74. The molecule has 0 aromatic heterocycles. The molecule has 3 nitrogen and oxygen atoms in total. The summed E-state index contributed by atoms with van der Waals surface area (Å²) in [6.07, 6.45) is 1.59. The molecule has 2 aromatic carbocycles. The van der Waals surface area contributed by atoms with Crippen LogP contribution in [-0.2, 0) is 5.41 Å². The van der Waals surface area contributed by atoms with Gasteiger partial charge in [-0.3, -0.25) is 4.79 Å². The van der Waals surface area contributed by atoms with Crippen LogP contribution in [0.3, 0.4) is 0 Å². The molecule has 1 amide bonds. The Labute approximate surface area is 130 Å². The predicted molar refractivity (Wildman–Crippen MR) is 87.7 cm³/mol. The minimum Gasteiger partial charge on any atom is -0.463 e. The monoisotopic (exact) mass is 293 g/mol. The fourth-order valence-electron chi connectivity index (χ4n) is 2.43. The molecule has 0 aliphatic carbocycles. The molecule has 0 atom stereocenters. The Morgan fingerprint density at radius 2 is 1.59 bits per heavy atom. The number of ether oxygens (including phenoxy) is 1. The zero-order chi connectivity index (χ0) is 15.7. The van der Waals surface area contributed by atoms with E-state index < -0.39 is 0 Å². The van der Waals surface area contributed by atoms with Crippen LogP contribution < -0.4 is 10.1 Å². The molecule has 2 aromatic rings. The number of hydrogen-bond donors (Lipinski definition) is 1. The van der Waals surface area contributed by atoms with Gasteiger partial charge >= 0.3 is 0 Å². The lowest BCUT2D eigenvalue weighted by Crippen LogP contribution is -2.12. The number of nitrogens with one attached hydrogen (secondary N) is 1. The summed E-state index contributed by atoms with van der Waals surface area (Å²) < 4.78 is 5.69. The van der Waals surface area contributed by atoms with Gasteiger partial charge in [-0.25, -0.2) is 0 Å². The number of amides is 1. The minimum atomic E-state index is -0.0893. The molecule has 0 unspecified atom stereocenters. The van der Waals surface area contributed by atoms with Crippen molar-refractivity contribution in [2.75, 3.05) is 0 Å². The standard InChI is InChI=1S/C19H19NO2/c1-19(2,3)13-8-10-14(11-9-13)22-12-17-15-6-4-5-7-16(15)18(21)20-17/h4-12H,1-3H3,(H,20,21)/b17-12-. The summed E-state index contributed by atoms with van der Waals surface area (Å²) in [5, 5.41) is 2.82. The Kier molecular flexibility index (Phi) is 3.49. The second-order valence-electron chi connectivity index (χ2n) is 6.42. The number of carbonyl (C=O) groups is 1. The van der Waals surface area contributed by atoms with Gasteiger partial charge in [0, 0.05) is 11.1 Å². The Morgan fingerprint density at radius 3 is 2.23 bits per heavy atom.